The summed E-state index contributed by atoms with van der Waals surface area (Å²) < 4.78 is 127. The van der Waals surface area contributed by atoms with E-state index in [9.17, 15) is 44.3 Å². The maximum absolute atomic E-state index is 14.1. The fourth-order valence-corrected chi connectivity index (χ4v) is 10.6. The van der Waals surface area contributed by atoms with Crippen LogP contribution in [0.1, 0.15) is 79.0 Å². The Bertz CT molecular complexity index is 1640. The van der Waals surface area contributed by atoms with Crippen molar-refractivity contribution < 1.29 is 58.4 Å². The van der Waals surface area contributed by atoms with Crippen LogP contribution >= 0.6 is 0 Å². The van der Waals surface area contributed by atoms with Gasteiger partial charge in [-0.2, -0.15) is 34.8 Å². The molecule has 2 aromatic carbocycles. The second-order valence-electron chi connectivity index (χ2n) is 13.9. The Morgan fingerprint density at radius 3 is 1.78 bits per heavy atom. The summed E-state index contributed by atoms with van der Waals surface area (Å²) >= 11 is 0. The van der Waals surface area contributed by atoms with Crippen molar-refractivity contribution in [3.05, 3.63) is 70.8 Å². The molecule has 4 fully saturated rings. The molecular formula is C32H30F6O7S. The number of ether oxygens (including phenoxy) is 2. The maximum Gasteiger partial charge on any atom is 0.438 e. The fourth-order valence-electron chi connectivity index (χ4n) is 9.69. The van der Waals surface area contributed by atoms with Crippen LogP contribution in [0.3, 0.4) is 0 Å². The summed E-state index contributed by atoms with van der Waals surface area (Å²) in [4.78, 5) is 27.6. The minimum atomic E-state index is -6.42. The summed E-state index contributed by atoms with van der Waals surface area (Å²) in [5.74, 6) is -6.96. The first kappa shape index (κ1) is 31.5. The highest BCUT2D eigenvalue weighted by atomic mass is 32.2. The Labute approximate surface area is 260 Å². The van der Waals surface area contributed by atoms with E-state index in [-0.39, 0.29) is 42.9 Å². The molecule has 7 nitrogen and oxygen atoms in total. The predicted octanol–water partition coefficient (Wildman–Crippen LogP) is 6.46. The highest BCUT2D eigenvalue weighted by Gasteiger charge is 2.77. The van der Waals surface area contributed by atoms with Gasteiger partial charge in [0.25, 0.3) is 10.1 Å². The Morgan fingerprint density at radius 1 is 0.804 bits per heavy atom. The van der Waals surface area contributed by atoms with Crippen LogP contribution in [-0.4, -0.2) is 54.2 Å². The van der Waals surface area contributed by atoms with E-state index in [2.05, 4.69) is 4.74 Å². The molecule has 9 rings (SSSR count). The number of hydrogen-bond acceptors (Lipinski definition) is 6. The molecule has 0 heterocycles. The third-order valence-corrected chi connectivity index (χ3v) is 11.7. The number of fused-ring (bicyclic) bond motifs is 1. The van der Waals surface area contributed by atoms with E-state index in [1.807, 2.05) is 48.5 Å². The van der Waals surface area contributed by atoms with Crippen LogP contribution in [-0.2, 0) is 29.2 Å². The fraction of sp³-hybridized carbons (Fsp3) is 0.562. The van der Waals surface area contributed by atoms with Crippen LogP contribution < -0.4 is 0 Å². The summed E-state index contributed by atoms with van der Waals surface area (Å²) in [5, 5.41) is 0. The zero-order valence-electron chi connectivity index (χ0n) is 24.2. The Hall–Kier alpha value is -3.13. The lowest BCUT2D eigenvalue weighted by Gasteiger charge is -2.60. The molecule has 2 aromatic rings. The van der Waals surface area contributed by atoms with Gasteiger partial charge in [-0.15, -0.1) is 0 Å². The zero-order valence-corrected chi connectivity index (χ0v) is 25.1. The van der Waals surface area contributed by atoms with Gasteiger partial charge in [0.05, 0.1) is 11.3 Å². The van der Waals surface area contributed by atoms with Gasteiger partial charge in [-0.25, -0.2) is 0 Å². The Kier molecular flexibility index (Phi) is 6.80. The number of esters is 2. The number of carbonyl (C=O) groups is 2. The molecule has 0 radical (unpaired) electrons. The third kappa shape index (κ3) is 4.76. The van der Waals surface area contributed by atoms with Crippen LogP contribution in [0.4, 0.5) is 26.3 Å². The van der Waals surface area contributed by atoms with Gasteiger partial charge in [-0.1, -0.05) is 48.5 Å². The number of carbonyl (C=O) groups excluding carboxylic acids is 2. The molecule has 0 saturated heterocycles. The summed E-state index contributed by atoms with van der Waals surface area (Å²) in [6.07, 6.45) is -11.8. The monoisotopic (exact) mass is 672 g/mol. The molecule has 6 bridgehead atoms. The molecule has 0 spiro atoms. The minimum absolute atomic E-state index is 0.0618. The number of rotatable bonds is 6. The van der Waals surface area contributed by atoms with E-state index >= 15 is 0 Å². The van der Waals surface area contributed by atoms with Gasteiger partial charge in [0.1, 0.15) is 11.4 Å². The quantitative estimate of drug-likeness (QED) is 0.213. The van der Waals surface area contributed by atoms with Crippen LogP contribution in [0.5, 0.6) is 0 Å². The highest BCUT2D eigenvalue weighted by Crippen LogP contribution is 2.65. The third-order valence-electron chi connectivity index (χ3n) is 10.9. The summed E-state index contributed by atoms with van der Waals surface area (Å²) in [6.45, 7) is 0. The van der Waals surface area contributed by atoms with Crippen LogP contribution in [0.25, 0.3) is 0 Å². The van der Waals surface area contributed by atoms with Crippen molar-refractivity contribution >= 4 is 22.1 Å². The predicted molar refractivity (Wildman–Crippen MR) is 148 cm³/mol. The largest absolute Gasteiger partial charge is 0.459 e. The molecule has 14 heteroatoms. The van der Waals surface area contributed by atoms with Crippen molar-refractivity contribution in [3.63, 3.8) is 0 Å². The number of benzene rings is 2. The second kappa shape index (κ2) is 9.94. The average molecular weight is 673 g/mol. The van der Waals surface area contributed by atoms with Gasteiger partial charge in [0.15, 0.2) is 0 Å². The van der Waals surface area contributed by atoms with Gasteiger partial charge in [-0.05, 0) is 72.6 Å². The lowest BCUT2D eigenvalue weighted by atomic mass is 9.47. The van der Waals surface area contributed by atoms with Crippen molar-refractivity contribution in [1.82, 2.24) is 0 Å². The van der Waals surface area contributed by atoms with Gasteiger partial charge in [0, 0.05) is 18.3 Å². The standard InChI is InChI=1S/C32H30F6O7S/c33-31(34,35)30(32(36,37)38,16-46(41,42)43)45-27(40)28-11-17-9-18(12-28)14-29(13-17,15-28)44-26(39)24-10-23-19-5-1-3-7-21(19)25(24)22-8-4-2-6-20(22)23/h1-8,17-18,23-25H,9-16H2,(H,41,42,43). The van der Waals surface area contributed by atoms with Gasteiger partial charge in [-0.3, -0.25) is 14.1 Å². The molecule has 0 aromatic heterocycles. The smallest absolute Gasteiger partial charge is 0.438 e. The molecule has 4 saturated carbocycles. The zero-order chi connectivity index (χ0) is 33.1. The first-order chi connectivity index (χ1) is 21.4. The summed E-state index contributed by atoms with van der Waals surface area (Å²) in [7, 11) is -5.92. The molecule has 7 aliphatic carbocycles. The Balaban J connectivity index is 1.19. The average Bonchev–Trinajstić information content (AvgIpc) is 2.94. The number of alkyl halides is 6. The van der Waals surface area contributed by atoms with E-state index in [1.54, 1.807) is 0 Å². The SMILES string of the molecule is O=C(OC12CC3CC(C1)CC(C(=O)OC(CS(=O)(=O)O)(C(F)(F)F)C(F)(F)F)(C3)C2)C1CC2c3ccccc3C1c1ccccc12. The lowest BCUT2D eigenvalue weighted by molar-refractivity contribution is -0.364. The molecule has 46 heavy (non-hydrogen) atoms. The van der Waals surface area contributed by atoms with Gasteiger partial charge >= 0.3 is 29.9 Å². The molecule has 1 N–H and O–H groups in total. The summed E-state index contributed by atoms with van der Waals surface area (Å²) in [5.41, 5.74) is -4.42. The van der Waals surface area contributed by atoms with Crippen molar-refractivity contribution in [1.29, 1.82) is 0 Å². The normalized spacial score (nSPS) is 32.9. The van der Waals surface area contributed by atoms with E-state index in [4.69, 9.17) is 9.29 Å². The molecular weight excluding hydrogens is 642 g/mol. The Morgan fingerprint density at radius 2 is 1.30 bits per heavy atom. The molecule has 7 aliphatic rings. The molecule has 3 atom stereocenters. The van der Waals surface area contributed by atoms with E-state index < -0.39 is 62.7 Å². The summed E-state index contributed by atoms with van der Waals surface area (Å²) in [6, 6.07) is 15.7. The number of hydrogen-bond donors (Lipinski definition) is 1. The topological polar surface area (TPSA) is 107 Å². The van der Waals surface area contributed by atoms with Crippen LogP contribution in [0.2, 0.25) is 0 Å². The van der Waals surface area contributed by atoms with Crippen LogP contribution in [0.15, 0.2) is 48.5 Å². The van der Waals surface area contributed by atoms with Gasteiger partial charge in [0.2, 0.25) is 0 Å². The molecule has 3 unspecified atom stereocenters. The van der Waals surface area contributed by atoms with Crippen molar-refractivity contribution in [3.8, 4) is 0 Å². The van der Waals surface area contributed by atoms with Crippen LogP contribution in [0, 0.1) is 23.2 Å². The molecule has 0 aliphatic heterocycles. The van der Waals surface area contributed by atoms with Crippen molar-refractivity contribution in [2.24, 2.45) is 23.2 Å². The first-order valence-corrected chi connectivity index (χ1v) is 16.7. The maximum atomic E-state index is 14.1. The minimum Gasteiger partial charge on any atom is -0.459 e. The van der Waals surface area contributed by atoms with Gasteiger partial charge < -0.3 is 9.47 Å². The van der Waals surface area contributed by atoms with E-state index in [1.165, 1.54) is 0 Å². The second-order valence-corrected chi connectivity index (χ2v) is 15.4. The van der Waals surface area contributed by atoms with E-state index in [0.29, 0.717) is 25.7 Å². The first-order valence-electron chi connectivity index (χ1n) is 15.1. The molecule has 0 amide bonds. The molecule has 248 valence electrons. The highest BCUT2D eigenvalue weighted by molar-refractivity contribution is 7.85. The number of halogens is 6. The van der Waals surface area contributed by atoms with E-state index in [0.717, 1.165) is 22.3 Å². The lowest BCUT2D eigenvalue weighted by Crippen LogP contribution is -2.66. The van der Waals surface area contributed by atoms with Crippen molar-refractivity contribution in [2.75, 3.05) is 5.75 Å². The van der Waals surface area contributed by atoms with Crippen molar-refractivity contribution in [2.45, 2.75) is 80.3 Å².